The highest BCUT2D eigenvalue weighted by atomic mass is 15.0. The van der Waals surface area contributed by atoms with Crippen molar-refractivity contribution in [2.75, 3.05) is 24.1 Å². The zero-order valence-electron chi connectivity index (χ0n) is 12.8. The predicted octanol–water partition coefficient (Wildman–Crippen LogP) is 1.84. The van der Waals surface area contributed by atoms with E-state index in [1.807, 2.05) is 19.1 Å². The first kappa shape index (κ1) is 14.7. The molecule has 116 valence electrons. The number of rotatable bonds is 4. The normalized spacial score (nSPS) is 15.7. The summed E-state index contributed by atoms with van der Waals surface area (Å²) in [6, 6.07) is 5.92. The average molecular weight is 298 g/mol. The molecule has 0 bridgehead atoms. The van der Waals surface area contributed by atoms with Gasteiger partial charge in [-0.25, -0.2) is 15.0 Å². The summed E-state index contributed by atoms with van der Waals surface area (Å²) in [4.78, 5) is 13.2. The van der Waals surface area contributed by atoms with Crippen molar-refractivity contribution in [2.24, 2.45) is 0 Å². The summed E-state index contributed by atoms with van der Waals surface area (Å²) in [5, 5.41) is 6.72. The molecule has 3 rings (SSSR count). The van der Waals surface area contributed by atoms with Crippen LogP contribution in [-0.2, 0) is 6.54 Å². The Balaban J connectivity index is 1.73. The van der Waals surface area contributed by atoms with Gasteiger partial charge in [-0.1, -0.05) is 6.07 Å². The minimum atomic E-state index is 0.520. The molecule has 1 aliphatic heterocycles. The lowest BCUT2D eigenvalue weighted by Crippen LogP contribution is -2.27. The van der Waals surface area contributed by atoms with E-state index in [2.05, 4.69) is 31.7 Å². The smallest absolute Gasteiger partial charge is 0.130 e. The molecule has 0 aliphatic carbocycles. The van der Waals surface area contributed by atoms with E-state index in [4.69, 9.17) is 5.73 Å². The van der Waals surface area contributed by atoms with Crippen molar-refractivity contribution in [1.82, 2.24) is 20.3 Å². The van der Waals surface area contributed by atoms with E-state index >= 15 is 0 Å². The lowest BCUT2D eigenvalue weighted by atomic mass is 9.94. The maximum atomic E-state index is 5.87. The van der Waals surface area contributed by atoms with Crippen LogP contribution < -0.4 is 16.4 Å². The van der Waals surface area contributed by atoms with E-state index in [1.54, 1.807) is 6.20 Å². The van der Waals surface area contributed by atoms with E-state index in [1.165, 1.54) is 0 Å². The molecule has 6 nitrogen and oxygen atoms in total. The Hall–Kier alpha value is -2.21. The van der Waals surface area contributed by atoms with E-state index in [0.717, 1.165) is 48.8 Å². The third-order valence-electron chi connectivity index (χ3n) is 4.00. The number of nitrogens with zero attached hydrogens (tertiary/aromatic N) is 3. The quantitative estimate of drug-likeness (QED) is 0.798. The zero-order valence-corrected chi connectivity index (χ0v) is 12.8. The Bertz CT molecular complexity index is 636. The largest absolute Gasteiger partial charge is 0.383 e. The molecule has 0 amide bonds. The second kappa shape index (κ2) is 6.70. The fourth-order valence-corrected chi connectivity index (χ4v) is 2.79. The number of hydrogen-bond donors (Lipinski definition) is 3. The lowest BCUT2D eigenvalue weighted by Gasteiger charge is -2.22. The number of pyridine rings is 1. The molecular weight excluding hydrogens is 276 g/mol. The Labute approximate surface area is 130 Å². The SMILES string of the molecule is Cc1nc(NCc2cccnc2N)cc(C2CCNCC2)n1. The molecule has 0 unspecified atom stereocenters. The van der Waals surface area contributed by atoms with Gasteiger partial charge < -0.3 is 16.4 Å². The predicted molar refractivity (Wildman–Crippen MR) is 87.6 cm³/mol. The van der Waals surface area contributed by atoms with Gasteiger partial charge in [-0.2, -0.15) is 0 Å². The van der Waals surface area contributed by atoms with Crippen LogP contribution in [0.4, 0.5) is 11.6 Å². The Morgan fingerprint density at radius 3 is 2.91 bits per heavy atom. The minimum absolute atomic E-state index is 0.520. The third kappa shape index (κ3) is 3.51. The van der Waals surface area contributed by atoms with Crippen LogP contribution in [0.25, 0.3) is 0 Å². The molecule has 0 saturated carbocycles. The summed E-state index contributed by atoms with van der Waals surface area (Å²) in [5.41, 5.74) is 7.98. The van der Waals surface area contributed by atoms with Crippen molar-refractivity contribution in [1.29, 1.82) is 0 Å². The Morgan fingerprint density at radius 2 is 2.14 bits per heavy atom. The molecule has 1 fully saturated rings. The van der Waals surface area contributed by atoms with Gasteiger partial charge in [-0.05, 0) is 38.9 Å². The summed E-state index contributed by atoms with van der Waals surface area (Å²) >= 11 is 0. The molecule has 0 spiro atoms. The Kier molecular flexibility index (Phi) is 4.48. The van der Waals surface area contributed by atoms with Crippen molar-refractivity contribution in [3.8, 4) is 0 Å². The van der Waals surface area contributed by atoms with Crippen LogP contribution in [0.2, 0.25) is 0 Å². The molecular formula is C16H22N6. The third-order valence-corrected chi connectivity index (χ3v) is 4.00. The number of aromatic nitrogens is 3. The molecule has 0 aromatic carbocycles. The molecule has 0 atom stereocenters. The first-order valence-corrected chi connectivity index (χ1v) is 7.72. The van der Waals surface area contributed by atoms with E-state index < -0.39 is 0 Å². The average Bonchev–Trinajstić information content (AvgIpc) is 2.54. The van der Waals surface area contributed by atoms with Gasteiger partial charge in [0.1, 0.15) is 17.5 Å². The number of nitrogens with one attached hydrogen (secondary N) is 2. The molecule has 6 heteroatoms. The van der Waals surface area contributed by atoms with Gasteiger partial charge in [0.15, 0.2) is 0 Å². The zero-order chi connectivity index (χ0) is 15.4. The first-order valence-electron chi connectivity index (χ1n) is 7.72. The van der Waals surface area contributed by atoms with Crippen molar-refractivity contribution in [3.63, 3.8) is 0 Å². The van der Waals surface area contributed by atoms with Crippen molar-refractivity contribution in [2.45, 2.75) is 32.2 Å². The van der Waals surface area contributed by atoms with Gasteiger partial charge in [0, 0.05) is 36.0 Å². The second-order valence-electron chi connectivity index (χ2n) is 5.65. The van der Waals surface area contributed by atoms with Crippen LogP contribution in [0.1, 0.15) is 35.8 Å². The van der Waals surface area contributed by atoms with Crippen LogP contribution in [0, 0.1) is 6.92 Å². The van der Waals surface area contributed by atoms with Gasteiger partial charge in [0.25, 0.3) is 0 Å². The van der Waals surface area contributed by atoms with Crippen molar-refractivity contribution >= 4 is 11.6 Å². The van der Waals surface area contributed by atoms with Crippen LogP contribution >= 0.6 is 0 Å². The van der Waals surface area contributed by atoms with Gasteiger partial charge in [-0.15, -0.1) is 0 Å². The second-order valence-corrected chi connectivity index (χ2v) is 5.65. The molecule has 3 heterocycles. The van der Waals surface area contributed by atoms with Crippen molar-refractivity contribution < 1.29 is 0 Å². The summed E-state index contributed by atoms with van der Waals surface area (Å²) in [5.74, 6) is 2.73. The Morgan fingerprint density at radius 1 is 1.32 bits per heavy atom. The summed E-state index contributed by atoms with van der Waals surface area (Å²) in [7, 11) is 0. The molecule has 2 aromatic rings. The van der Waals surface area contributed by atoms with Crippen LogP contribution in [-0.4, -0.2) is 28.0 Å². The molecule has 22 heavy (non-hydrogen) atoms. The molecule has 2 aromatic heterocycles. The maximum absolute atomic E-state index is 5.87. The minimum Gasteiger partial charge on any atom is -0.383 e. The first-order chi connectivity index (χ1) is 10.7. The summed E-state index contributed by atoms with van der Waals surface area (Å²) in [6.45, 7) is 4.67. The molecule has 1 aliphatic rings. The standard InChI is InChI=1S/C16H22N6/c1-11-21-14(12-4-7-18-8-5-12)9-15(22-11)20-10-13-3-2-6-19-16(13)17/h2-3,6,9,12,18H,4-5,7-8,10H2,1H3,(H2,17,19)(H,20,21,22). The highest BCUT2D eigenvalue weighted by Crippen LogP contribution is 2.25. The highest BCUT2D eigenvalue weighted by molar-refractivity contribution is 5.43. The highest BCUT2D eigenvalue weighted by Gasteiger charge is 2.17. The number of hydrogen-bond acceptors (Lipinski definition) is 6. The molecule has 4 N–H and O–H groups in total. The fraction of sp³-hybridized carbons (Fsp3) is 0.438. The van der Waals surface area contributed by atoms with Crippen LogP contribution in [0.5, 0.6) is 0 Å². The monoisotopic (exact) mass is 298 g/mol. The number of nitrogens with two attached hydrogens (primary N) is 1. The number of piperidine rings is 1. The van der Waals surface area contributed by atoms with Gasteiger partial charge in [0.2, 0.25) is 0 Å². The fourth-order valence-electron chi connectivity index (χ4n) is 2.79. The van der Waals surface area contributed by atoms with Crippen molar-refractivity contribution in [3.05, 3.63) is 41.5 Å². The van der Waals surface area contributed by atoms with Crippen LogP contribution in [0.3, 0.4) is 0 Å². The number of aryl methyl sites for hydroxylation is 1. The van der Waals surface area contributed by atoms with Gasteiger partial charge >= 0.3 is 0 Å². The number of nitrogen functional groups attached to an aromatic ring is 1. The van der Waals surface area contributed by atoms with E-state index in [0.29, 0.717) is 18.3 Å². The van der Waals surface area contributed by atoms with E-state index in [-0.39, 0.29) is 0 Å². The van der Waals surface area contributed by atoms with Gasteiger partial charge in [0.05, 0.1) is 0 Å². The number of anilines is 2. The summed E-state index contributed by atoms with van der Waals surface area (Å²) < 4.78 is 0. The topological polar surface area (TPSA) is 88.8 Å². The maximum Gasteiger partial charge on any atom is 0.130 e. The molecule has 1 saturated heterocycles. The molecule has 0 radical (unpaired) electrons. The van der Waals surface area contributed by atoms with Gasteiger partial charge in [-0.3, -0.25) is 0 Å². The van der Waals surface area contributed by atoms with E-state index in [9.17, 15) is 0 Å². The summed E-state index contributed by atoms with van der Waals surface area (Å²) in [6.07, 6.45) is 3.96. The van der Waals surface area contributed by atoms with Crippen LogP contribution in [0.15, 0.2) is 24.4 Å². The lowest BCUT2D eigenvalue weighted by molar-refractivity contribution is 0.452.